The summed E-state index contributed by atoms with van der Waals surface area (Å²) in [6.07, 6.45) is 2.38. The average molecular weight is 245 g/mol. The summed E-state index contributed by atoms with van der Waals surface area (Å²) in [5.74, 6) is 0.411. The Balaban J connectivity index is 1.94. The lowest BCUT2D eigenvalue weighted by atomic mass is 10.1. The van der Waals surface area contributed by atoms with Crippen molar-refractivity contribution in [1.29, 1.82) is 0 Å². The zero-order chi connectivity index (χ0) is 13.0. The minimum absolute atomic E-state index is 0.133. The molecule has 1 amide bonds. The van der Waals surface area contributed by atoms with Crippen molar-refractivity contribution in [3.05, 3.63) is 35.4 Å². The van der Waals surface area contributed by atoms with Gasteiger partial charge in [0.1, 0.15) is 5.78 Å². The third kappa shape index (κ3) is 3.42. The molecule has 0 atom stereocenters. The molecule has 0 saturated carbocycles. The van der Waals surface area contributed by atoms with Crippen molar-refractivity contribution in [3.8, 4) is 0 Å². The van der Waals surface area contributed by atoms with E-state index in [-0.39, 0.29) is 11.7 Å². The van der Waals surface area contributed by atoms with Crippen LogP contribution in [-0.2, 0) is 16.0 Å². The van der Waals surface area contributed by atoms with Gasteiger partial charge in [-0.1, -0.05) is 29.8 Å². The predicted molar refractivity (Wildman–Crippen MR) is 70.3 cm³/mol. The van der Waals surface area contributed by atoms with Gasteiger partial charge in [0.25, 0.3) is 0 Å². The summed E-state index contributed by atoms with van der Waals surface area (Å²) < 4.78 is 0. The third-order valence-electron chi connectivity index (χ3n) is 3.37. The average Bonchev–Trinajstić information content (AvgIpc) is 2.57. The van der Waals surface area contributed by atoms with Gasteiger partial charge in [-0.3, -0.25) is 9.59 Å². The second kappa shape index (κ2) is 5.80. The summed E-state index contributed by atoms with van der Waals surface area (Å²) in [7, 11) is 0. The standard InChI is InChI=1S/C15H19NO2/c1-12-4-6-13(7-5-12)11-15(18)16-9-2-3-14(17)8-10-16/h4-7H,2-3,8-11H2,1H3. The zero-order valence-electron chi connectivity index (χ0n) is 10.8. The lowest BCUT2D eigenvalue weighted by Crippen LogP contribution is -2.33. The number of likely N-dealkylation sites (tertiary alicyclic amines) is 1. The van der Waals surface area contributed by atoms with E-state index >= 15 is 0 Å². The lowest BCUT2D eigenvalue weighted by molar-refractivity contribution is -0.130. The van der Waals surface area contributed by atoms with Crippen LogP contribution in [-0.4, -0.2) is 29.7 Å². The van der Waals surface area contributed by atoms with Gasteiger partial charge in [-0.2, -0.15) is 0 Å². The number of rotatable bonds is 2. The Hall–Kier alpha value is -1.64. The van der Waals surface area contributed by atoms with E-state index in [1.165, 1.54) is 5.56 Å². The van der Waals surface area contributed by atoms with E-state index in [1.807, 2.05) is 36.1 Å². The molecular formula is C15H19NO2. The first-order chi connectivity index (χ1) is 8.65. The Kier molecular flexibility index (Phi) is 4.13. The Labute approximate surface area is 108 Å². The van der Waals surface area contributed by atoms with Gasteiger partial charge in [0, 0.05) is 25.9 Å². The molecule has 0 radical (unpaired) electrons. The number of benzene rings is 1. The maximum atomic E-state index is 12.1. The van der Waals surface area contributed by atoms with E-state index in [1.54, 1.807) is 0 Å². The van der Waals surface area contributed by atoms with Gasteiger partial charge in [-0.25, -0.2) is 0 Å². The van der Waals surface area contributed by atoms with E-state index < -0.39 is 0 Å². The molecular weight excluding hydrogens is 226 g/mol. The van der Waals surface area contributed by atoms with Gasteiger partial charge < -0.3 is 4.90 Å². The Bertz CT molecular complexity index is 436. The summed E-state index contributed by atoms with van der Waals surface area (Å²) >= 11 is 0. The second-order valence-electron chi connectivity index (χ2n) is 4.94. The first-order valence-corrected chi connectivity index (χ1v) is 6.50. The highest BCUT2D eigenvalue weighted by Gasteiger charge is 2.18. The van der Waals surface area contributed by atoms with Crippen molar-refractivity contribution in [2.45, 2.75) is 32.6 Å². The van der Waals surface area contributed by atoms with E-state index in [0.29, 0.717) is 25.8 Å². The number of hydrogen-bond acceptors (Lipinski definition) is 2. The number of carbonyl (C=O) groups excluding carboxylic acids is 2. The van der Waals surface area contributed by atoms with Gasteiger partial charge >= 0.3 is 0 Å². The molecule has 0 N–H and O–H groups in total. The Morgan fingerprint density at radius 3 is 2.61 bits per heavy atom. The van der Waals surface area contributed by atoms with Crippen LogP contribution in [0.4, 0.5) is 0 Å². The number of Topliss-reactive ketones (excluding diaryl/α,β-unsaturated/α-hetero) is 1. The van der Waals surface area contributed by atoms with Crippen LogP contribution in [0.3, 0.4) is 0 Å². The summed E-state index contributed by atoms with van der Waals surface area (Å²) in [5, 5.41) is 0. The van der Waals surface area contributed by atoms with Crippen LogP contribution in [0.2, 0.25) is 0 Å². The quantitative estimate of drug-likeness (QED) is 0.800. The van der Waals surface area contributed by atoms with Gasteiger partial charge in [-0.15, -0.1) is 0 Å². The van der Waals surface area contributed by atoms with Crippen molar-refractivity contribution < 1.29 is 9.59 Å². The van der Waals surface area contributed by atoms with Crippen LogP contribution in [0.1, 0.15) is 30.4 Å². The highest BCUT2D eigenvalue weighted by Crippen LogP contribution is 2.10. The van der Waals surface area contributed by atoms with Gasteiger partial charge in [0.05, 0.1) is 6.42 Å². The smallest absolute Gasteiger partial charge is 0.227 e. The van der Waals surface area contributed by atoms with Crippen molar-refractivity contribution in [1.82, 2.24) is 4.90 Å². The molecule has 0 unspecified atom stereocenters. The monoisotopic (exact) mass is 245 g/mol. The van der Waals surface area contributed by atoms with Crippen LogP contribution in [0.5, 0.6) is 0 Å². The summed E-state index contributed by atoms with van der Waals surface area (Å²) in [6.45, 7) is 3.34. The summed E-state index contributed by atoms with van der Waals surface area (Å²) in [6, 6.07) is 8.04. The molecule has 1 aromatic rings. The molecule has 1 saturated heterocycles. The fraction of sp³-hybridized carbons (Fsp3) is 0.467. The predicted octanol–water partition coefficient (Wildman–Crippen LogP) is 2.12. The minimum Gasteiger partial charge on any atom is -0.342 e. The molecule has 3 nitrogen and oxygen atoms in total. The van der Waals surface area contributed by atoms with E-state index in [4.69, 9.17) is 0 Å². The molecule has 3 heteroatoms. The molecule has 2 rings (SSSR count). The second-order valence-corrected chi connectivity index (χ2v) is 4.94. The minimum atomic E-state index is 0.133. The number of nitrogens with zero attached hydrogens (tertiary/aromatic N) is 1. The van der Waals surface area contributed by atoms with Gasteiger partial charge in [0.15, 0.2) is 0 Å². The van der Waals surface area contributed by atoms with Crippen molar-refractivity contribution in [2.24, 2.45) is 0 Å². The Morgan fingerprint density at radius 1 is 1.17 bits per heavy atom. The van der Waals surface area contributed by atoms with Crippen LogP contribution in [0.15, 0.2) is 24.3 Å². The van der Waals surface area contributed by atoms with E-state index in [9.17, 15) is 9.59 Å². The fourth-order valence-corrected chi connectivity index (χ4v) is 2.21. The van der Waals surface area contributed by atoms with E-state index in [2.05, 4.69) is 0 Å². The number of amides is 1. The SMILES string of the molecule is Cc1ccc(CC(=O)N2CCCC(=O)CC2)cc1. The molecule has 0 spiro atoms. The van der Waals surface area contributed by atoms with Crippen molar-refractivity contribution >= 4 is 11.7 Å². The number of ketones is 1. The maximum Gasteiger partial charge on any atom is 0.227 e. The molecule has 0 aromatic heterocycles. The van der Waals surface area contributed by atoms with Crippen LogP contribution >= 0.6 is 0 Å². The molecule has 1 fully saturated rings. The first-order valence-electron chi connectivity index (χ1n) is 6.50. The van der Waals surface area contributed by atoms with Gasteiger partial charge in [0.2, 0.25) is 5.91 Å². The Morgan fingerprint density at radius 2 is 1.89 bits per heavy atom. The van der Waals surface area contributed by atoms with Crippen LogP contribution in [0, 0.1) is 6.92 Å². The van der Waals surface area contributed by atoms with Gasteiger partial charge in [-0.05, 0) is 18.9 Å². The van der Waals surface area contributed by atoms with Crippen molar-refractivity contribution in [3.63, 3.8) is 0 Å². The third-order valence-corrected chi connectivity index (χ3v) is 3.37. The van der Waals surface area contributed by atoms with E-state index in [0.717, 1.165) is 18.5 Å². The molecule has 0 bridgehead atoms. The topological polar surface area (TPSA) is 37.4 Å². The number of carbonyl (C=O) groups is 2. The highest BCUT2D eigenvalue weighted by atomic mass is 16.2. The summed E-state index contributed by atoms with van der Waals surface area (Å²) in [5.41, 5.74) is 2.24. The van der Waals surface area contributed by atoms with Crippen LogP contribution in [0.25, 0.3) is 0 Å². The largest absolute Gasteiger partial charge is 0.342 e. The van der Waals surface area contributed by atoms with Crippen LogP contribution < -0.4 is 0 Å². The lowest BCUT2D eigenvalue weighted by Gasteiger charge is -2.19. The first kappa shape index (κ1) is 12.8. The molecule has 0 aliphatic carbocycles. The fourth-order valence-electron chi connectivity index (χ4n) is 2.21. The molecule has 18 heavy (non-hydrogen) atoms. The number of hydrogen-bond donors (Lipinski definition) is 0. The summed E-state index contributed by atoms with van der Waals surface area (Å²) in [4.78, 5) is 25.3. The zero-order valence-corrected chi connectivity index (χ0v) is 10.8. The molecule has 1 aromatic carbocycles. The molecule has 1 aliphatic rings. The molecule has 1 aliphatic heterocycles. The van der Waals surface area contributed by atoms with Crippen molar-refractivity contribution in [2.75, 3.05) is 13.1 Å². The maximum absolute atomic E-state index is 12.1. The normalized spacial score (nSPS) is 16.5. The molecule has 1 heterocycles. The highest BCUT2D eigenvalue weighted by molar-refractivity contribution is 5.82. The number of aryl methyl sites for hydroxylation is 1. The molecule has 96 valence electrons.